The van der Waals surface area contributed by atoms with Gasteiger partial charge in [-0.05, 0) is 12.5 Å². The third-order valence-corrected chi connectivity index (χ3v) is 3.60. The van der Waals surface area contributed by atoms with E-state index in [4.69, 9.17) is 11.6 Å². The molecule has 1 rings (SSSR count). The summed E-state index contributed by atoms with van der Waals surface area (Å²) in [5, 5.41) is 10.7. The standard InChI is InChI=1S/C9H12ClN3O4S/c1-2-3-6-18(16,17)12-9-7(13(14)15)4-5-8(10)11-9/h4-5H,2-3,6H2,1H3,(H,11,12). The van der Waals surface area contributed by atoms with Gasteiger partial charge in [-0.25, -0.2) is 13.4 Å². The fourth-order valence-electron chi connectivity index (χ4n) is 1.18. The van der Waals surface area contributed by atoms with E-state index in [-0.39, 0.29) is 16.7 Å². The summed E-state index contributed by atoms with van der Waals surface area (Å²) in [7, 11) is -3.65. The lowest BCUT2D eigenvalue weighted by atomic mass is 10.4. The number of sulfonamides is 1. The molecule has 1 N–H and O–H groups in total. The smallest absolute Gasteiger partial charge is 0.262 e. The summed E-state index contributed by atoms with van der Waals surface area (Å²) >= 11 is 5.59. The maximum Gasteiger partial charge on any atom is 0.312 e. The second-order valence-corrected chi connectivity index (χ2v) is 5.76. The Kier molecular flexibility index (Phi) is 4.85. The monoisotopic (exact) mass is 293 g/mol. The van der Waals surface area contributed by atoms with Crippen LogP contribution in [-0.4, -0.2) is 24.1 Å². The highest BCUT2D eigenvalue weighted by atomic mass is 35.5. The second-order valence-electron chi connectivity index (χ2n) is 3.53. The summed E-state index contributed by atoms with van der Waals surface area (Å²) in [6.07, 6.45) is 1.16. The highest BCUT2D eigenvalue weighted by Crippen LogP contribution is 2.24. The second kappa shape index (κ2) is 5.96. The average molecular weight is 294 g/mol. The third-order valence-electron chi connectivity index (χ3n) is 2.06. The van der Waals surface area contributed by atoms with E-state index in [0.29, 0.717) is 12.8 Å². The van der Waals surface area contributed by atoms with Gasteiger partial charge in [0.1, 0.15) is 5.15 Å². The van der Waals surface area contributed by atoms with Gasteiger partial charge in [0.05, 0.1) is 10.7 Å². The average Bonchev–Trinajstić information content (AvgIpc) is 2.25. The van der Waals surface area contributed by atoms with Crippen molar-refractivity contribution < 1.29 is 13.3 Å². The molecule has 18 heavy (non-hydrogen) atoms. The number of hydrogen-bond acceptors (Lipinski definition) is 5. The zero-order valence-corrected chi connectivity index (χ0v) is 11.2. The van der Waals surface area contributed by atoms with Crippen molar-refractivity contribution in [2.24, 2.45) is 0 Å². The van der Waals surface area contributed by atoms with Gasteiger partial charge in [-0.3, -0.25) is 14.8 Å². The van der Waals surface area contributed by atoms with Crippen LogP contribution in [0.1, 0.15) is 19.8 Å². The topological polar surface area (TPSA) is 102 Å². The molecule has 1 heterocycles. The van der Waals surface area contributed by atoms with Gasteiger partial charge in [0.15, 0.2) is 0 Å². The van der Waals surface area contributed by atoms with Crippen molar-refractivity contribution in [3.63, 3.8) is 0 Å². The predicted molar refractivity (Wildman–Crippen MR) is 68.2 cm³/mol. The molecular formula is C9H12ClN3O4S. The summed E-state index contributed by atoms with van der Waals surface area (Å²) in [5.74, 6) is -0.474. The molecule has 0 atom stereocenters. The fraction of sp³-hybridized carbons (Fsp3) is 0.444. The lowest BCUT2D eigenvalue weighted by molar-refractivity contribution is -0.384. The van der Waals surface area contributed by atoms with Crippen LogP contribution < -0.4 is 4.72 Å². The molecule has 0 amide bonds. The molecule has 1 aromatic rings. The lowest BCUT2D eigenvalue weighted by Crippen LogP contribution is -2.18. The number of pyridine rings is 1. The van der Waals surface area contributed by atoms with Crippen molar-refractivity contribution >= 4 is 33.1 Å². The Morgan fingerprint density at radius 3 is 2.72 bits per heavy atom. The van der Waals surface area contributed by atoms with Crippen LogP contribution in [0.15, 0.2) is 12.1 Å². The van der Waals surface area contributed by atoms with Crippen LogP contribution in [0.25, 0.3) is 0 Å². The minimum Gasteiger partial charge on any atom is -0.262 e. The summed E-state index contributed by atoms with van der Waals surface area (Å²) in [6, 6.07) is 2.33. The molecule has 0 aliphatic heterocycles. The van der Waals surface area contributed by atoms with E-state index >= 15 is 0 Å². The van der Waals surface area contributed by atoms with Gasteiger partial charge in [-0.1, -0.05) is 24.9 Å². The normalized spacial score (nSPS) is 11.2. The first-order valence-electron chi connectivity index (χ1n) is 5.17. The molecule has 0 fully saturated rings. The summed E-state index contributed by atoms with van der Waals surface area (Å²) in [5.41, 5.74) is -0.431. The van der Waals surface area contributed by atoms with Crippen molar-refractivity contribution in [1.29, 1.82) is 0 Å². The van der Waals surface area contributed by atoms with Crippen LogP contribution >= 0.6 is 11.6 Å². The number of rotatable bonds is 6. The maximum absolute atomic E-state index is 11.6. The quantitative estimate of drug-likeness (QED) is 0.492. The highest BCUT2D eigenvalue weighted by Gasteiger charge is 2.20. The van der Waals surface area contributed by atoms with Gasteiger partial charge in [0.2, 0.25) is 15.8 Å². The van der Waals surface area contributed by atoms with Crippen LogP contribution in [0, 0.1) is 10.1 Å². The molecule has 0 aliphatic rings. The Bertz CT molecular complexity index is 547. The fourth-order valence-corrected chi connectivity index (χ4v) is 2.55. The molecular weight excluding hydrogens is 282 g/mol. The minimum atomic E-state index is -3.65. The largest absolute Gasteiger partial charge is 0.312 e. The first kappa shape index (κ1) is 14.7. The van der Waals surface area contributed by atoms with Crippen LogP contribution in [0.4, 0.5) is 11.5 Å². The summed E-state index contributed by atoms with van der Waals surface area (Å²) in [6.45, 7) is 1.84. The first-order chi connectivity index (χ1) is 8.35. The molecule has 9 heteroatoms. The number of nitrogens with zero attached hydrogens (tertiary/aromatic N) is 2. The molecule has 0 bridgehead atoms. The molecule has 0 aliphatic carbocycles. The summed E-state index contributed by atoms with van der Waals surface area (Å²) in [4.78, 5) is 13.6. The third kappa shape index (κ3) is 4.11. The Morgan fingerprint density at radius 2 is 2.17 bits per heavy atom. The van der Waals surface area contributed by atoms with E-state index in [1.54, 1.807) is 0 Å². The van der Waals surface area contributed by atoms with E-state index in [2.05, 4.69) is 9.71 Å². The van der Waals surface area contributed by atoms with Crippen LogP contribution in [0.2, 0.25) is 5.15 Å². The van der Waals surface area contributed by atoms with Crippen molar-refractivity contribution in [1.82, 2.24) is 4.98 Å². The number of halogens is 1. The first-order valence-corrected chi connectivity index (χ1v) is 7.20. The predicted octanol–water partition coefficient (Wildman–Crippen LogP) is 2.18. The number of nitro groups is 1. The van der Waals surface area contributed by atoms with E-state index in [1.807, 2.05) is 6.92 Å². The maximum atomic E-state index is 11.6. The zero-order valence-electron chi connectivity index (χ0n) is 9.59. The van der Waals surface area contributed by atoms with Crippen molar-refractivity contribution in [2.45, 2.75) is 19.8 Å². The Morgan fingerprint density at radius 1 is 1.50 bits per heavy atom. The van der Waals surface area contributed by atoms with Crippen molar-refractivity contribution in [3.8, 4) is 0 Å². The summed E-state index contributed by atoms with van der Waals surface area (Å²) < 4.78 is 25.3. The Balaban J connectivity index is 3.02. The van der Waals surface area contributed by atoms with Gasteiger partial charge in [0, 0.05) is 6.07 Å². The molecule has 0 saturated carbocycles. The number of unbranched alkanes of at least 4 members (excludes halogenated alkanes) is 1. The van der Waals surface area contributed by atoms with Gasteiger partial charge >= 0.3 is 5.69 Å². The van der Waals surface area contributed by atoms with E-state index < -0.39 is 20.6 Å². The molecule has 1 aromatic heterocycles. The zero-order chi connectivity index (χ0) is 13.8. The molecule has 0 spiro atoms. The van der Waals surface area contributed by atoms with Gasteiger partial charge < -0.3 is 0 Å². The van der Waals surface area contributed by atoms with Gasteiger partial charge in [-0.15, -0.1) is 0 Å². The van der Waals surface area contributed by atoms with Crippen LogP contribution in [0.3, 0.4) is 0 Å². The molecule has 7 nitrogen and oxygen atoms in total. The lowest BCUT2D eigenvalue weighted by Gasteiger charge is -2.07. The Hall–Kier alpha value is -1.41. The molecule has 0 aromatic carbocycles. The molecule has 0 unspecified atom stereocenters. The SMILES string of the molecule is CCCCS(=O)(=O)Nc1nc(Cl)ccc1[N+](=O)[O-]. The van der Waals surface area contributed by atoms with E-state index in [0.717, 1.165) is 6.07 Å². The van der Waals surface area contributed by atoms with Gasteiger partial charge in [0.25, 0.3) is 0 Å². The number of anilines is 1. The van der Waals surface area contributed by atoms with Crippen molar-refractivity contribution in [3.05, 3.63) is 27.4 Å². The number of nitrogens with one attached hydrogen (secondary N) is 1. The minimum absolute atomic E-state index is 0.0196. The van der Waals surface area contributed by atoms with Crippen LogP contribution in [0.5, 0.6) is 0 Å². The number of aromatic nitrogens is 1. The molecule has 0 radical (unpaired) electrons. The van der Waals surface area contributed by atoms with Crippen LogP contribution in [-0.2, 0) is 10.0 Å². The Labute approximate surface area is 109 Å². The van der Waals surface area contributed by atoms with E-state index in [9.17, 15) is 18.5 Å². The highest BCUT2D eigenvalue weighted by molar-refractivity contribution is 7.92. The molecule has 0 saturated heterocycles. The number of hydrogen-bond donors (Lipinski definition) is 1. The molecule has 100 valence electrons. The van der Waals surface area contributed by atoms with Crippen molar-refractivity contribution in [2.75, 3.05) is 10.5 Å². The van der Waals surface area contributed by atoms with E-state index in [1.165, 1.54) is 6.07 Å². The van der Waals surface area contributed by atoms with Gasteiger partial charge in [-0.2, -0.15) is 0 Å².